The molecule has 0 aliphatic heterocycles. The lowest BCUT2D eigenvalue weighted by Gasteiger charge is -2.00. The van der Waals surface area contributed by atoms with Crippen molar-refractivity contribution in [3.05, 3.63) is 30.4 Å². The fraction of sp³-hybridized carbons (Fsp3) is 0.308. The van der Waals surface area contributed by atoms with Crippen LogP contribution in [0.25, 0.3) is 11.0 Å². The average Bonchev–Trinajstić information content (AvgIpc) is 2.78. The average molecular weight is 280 g/mol. The minimum Gasteiger partial charge on any atom is -0.494 e. The predicted octanol–water partition coefficient (Wildman–Crippen LogP) is 3.54. The molecule has 1 N–H and O–H groups in total. The van der Waals surface area contributed by atoms with E-state index in [1.54, 1.807) is 11.8 Å². The maximum Gasteiger partial charge on any atom is 0.166 e. The number of aromatic nitrogens is 2. The minimum atomic E-state index is 0.670. The molecule has 0 saturated heterocycles. The van der Waals surface area contributed by atoms with E-state index in [2.05, 4.69) is 29.2 Å². The van der Waals surface area contributed by atoms with Crippen LogP contribution < -0.4 is 4.74 Å². The number of ether oxygens (including phenoxy) is 1. The summed E-state index contributed by atoms with van der Waals surface area (Å²) >= 11 is 5.83. The van der Waals surface area contributed by atoms with Gasteiger partial charge in [0.2, 0.25) is 0 Å². The predicted molar refractivity (Wildman–Crippen MR) is 81.0 cm³/mol. The molecule has 2 rings (SSSR count). The van der Waals surface area contributed by atoms with Crippen molar-refractivity contribution in [1.82, 2.24) is 9.97 Å². The second-order valence-electron chi connectivity index (χ2n) is 3.85. The zero-order valence-electron chi connectivity index (χ0n) is 10.3. The maximum absolute atomic E-state index is 5.46. The Morgan fingerprint density at radius 3 is 3.11 bits per heavy atom. The number of fused-ring (bicyclic) bond motifs is 1. The van der Waals surface area contributed by atoms with E-state index in [0.29, 0.717) is 12.4 Å². The third kappa shape index (κ3) is 3.23. The number of thiol groups is 1. The van der Waals surface area contributed by atoms with Gasteiger partial charge < -0.3 is 9.72 Å². The van der Waals surface area contributed by atoms with Crippen molar-refractivity contribution in [2.45, 2.75) is 12.1 Å². The van der Waals surface area contributed by atoms with Gasteiger partial charge in [-0.15, -0.1) is 0 Å². The maximum atomic E-state index is 5.46. The molecule has 0 fully saturated rings. The quantitative estimate of drug-likeness (QED) is 0.483. The molecule has 0 atom stereocenters. The molecule has 2 aromatic rings. The Morgan fingerprint density at radius 1 is 1.56 bits per heavy atom. The van der Waals surface area contributed by atoms with Crippen LogP contribution in [0.5, 0.6) is 5.75 Å². The smallest absolute Gasteiger partial charge is 0.166 e. The number of benzene rings is 1. The van der Waals surface area contributed by atoms with E-state index in [9.17, 15) is 0 Å². The van der Waals surface area contributed by atoms with Gasteiger partial charge >= 0.3 is 0 Å². The Hall–Kier alpha value is -1.07. The summed E-state index contributed by atoms with van der Waals surface area (Å²) in [7, 11) is 0. The normalized spacial score (nSPS) is 10.8. The zero-order valence-corrected chi connectivity index (χ0v) is 12.0. The Balaban J connectivity index is 2.14. The molecule has 3 nitrogen and oxygen atoms in total. The summed E-state index contributed by atoms with van der Waals surface area (Å²) in [5.41, 5.74) is 3.05. The molecule has 1 heterocycles. The highest BCUT2D eigenvalue weighted by Gasteiger charge is 2.05. The molecule has 0 amide bonds. The summed E-state index contributed by atoms with van der Waals surface area (Å²) in [4.78, 5) is 7.79. The van der Waals surface area contributed by atoms with E-state index in [1.807, 2.05) is 25.1 Å². The van der Waals surface area contributed by atoms with E-state index in [-0.39, 0.29) is 0 Å². The van der Waals surface area contributed by atoms with Crippen LogP contribution >= 0.6 is 24.4 Å². The number of nitrogens with zero attached hydrogens (tertiary/aromatic N) is 1. The summed E-state index contributed by atoms with van der Waals surface area (Å²) in [6, 6.07) is 5.88. The van der Waals surface area contributed by atoms with Gasteiger partial charge in [-0.1, -0.05) is 23.9 Å². The molecule has 0 unspecified atom stereocenters. The molecular formula is C13H16N2OS2. The molecule has 0 saturated carbocycles. The van der Waals surface area contributed by atoms with Gasteiger partial charge in [0.05, 0.1) is 17.6 Å². The Bertz CT molecular complexity index is 551. The van der Waals surface area contributed by atoms with E-state index >= 15 is 0 Å². The van der Waals surface area contributed by atoms with Gasteiger partial charge in [0.1, 0.15) is 5.75 Å². The van der Waals surface area contributed by atoms with E-state index in [1.165, 1.54) is 0 Å². The van der Waals surface area contributed by atoms with Crippen LogP contribution in [-0.4, -0.2) is 28.1 Å². The van der Waals surface area contributed by atoms with Gasteiger partial charge in [0.15, 0.2) is 5.16 Å². The number of hydrogen-bond acceptors (Lipinski definition) is 4. The van der Waals surface area contributed by atoms with Gasteiger partial charge in [0.25, 0.3) is 0 Å². The van der Waals surface area contributed by atoms with Crippen molar-refractivity contribution < 1.29 is 4.74 Å². The van der Waals surface area contributed by atoms with Crippen molar-refractivity contribution in [2.75, 3.05) is 18.1 Å². The van der Waals surface area contributed by atoms with Gasteiger partial charge in [-0.2, -0.15) is 12.6 Å². The van der Waals surface area contributed by atoms with E-state index in [4.69, 9.17) is 4.74 Å². The van der Waals surface area contributed by atoms with Crippen LogP contribution in [0.1, 0.15) is 6.92 Å². The molecule has 18 heavy (non-hydrogen) atoms. The first kappa shape index (κ1) is 13.4. The van der Waals surface area contributed by atoms with Crippen LogP contribution in [0.15, 0.2) is 35.5 Å². The van der Waals surface area contributed by atoms with E-state index in [0.717, 1.165) is 33.3 Å². The fourth-order valence-corrected chi connectivity index (χ4v) is 2.56. The molecule has 0 bridgehead atoms. The molecule has 96 valence electrons. The van der Waals surface area contributed by atoms with Crippen LogP contribution in [0.3, 0.4) is 0 Å². The third-order valence-corrected chi connectivity index (χ3v) is 3.85. The number of thioether (sulfide) groups is 1. The number of nitrogens with one attached hydrogen (secondary N) is 1. The lowest BCUT2D eigenvalue weighted by atomic mass is 10.3. The Labute approximate surface area is 116 Å². The Morgan fingerprint density at radius 2 is 2.39 bits per heavy atom. The van der Waals surface area contributed by atoms with Crippen molar-refractivity contribution in [2.24, 2.45) is 0 Å². The third-order valence-electron chi connectivity index (χ3n) is 2.38. The van der Waals surface area contributed by atoms with Crippen LogP contribution in [0.4, 0.5) is 0 Å². The Kier molecular flexibility index (Phi) is 4.60. The molecule has 0 spiro atoms. The van der Waals surface area contributed by atoms with Crippen LogP contribution in [0.2, 0.25) is 0 Å². The summed E-state index contributed by atoms with van der Waals surface area (Å²) in [5.74, 6) is 2.41. The molecule has 1 aromatic heterocycles. The molecular weight excluding hydrogens is 264 g/mol. The fourth-order valence-electron chi connectivity index (χ4n) is 1.51. The first-order valence-corrected chi connectivity index (χ1v) is 7.37. The molecule has 5 heteroatoms. The van der Waals surface area contributed by atoms with Crippen molar-refractivity contribution in [3.8, 4) is 5.75 Å². The van der Waals surface area contributed by atoms with Crippen molar-refractivity contribution >= 4 is 35.4 Å². The number of imidazole rings is 1. The van der Waals surface area contributed by atoms with Crippen LogP contribution in [-0.2, 0) is 0 Å². The lowest BCUT2D eigenvalue weighted by molar-refractivity contribution is 0.340. The minimum absolute atomic E-state index is 0.670. The van der Waals surface area contributed by atoms with Crippen molar-refractivity contribution in [3.63, 3.8) is 0 Å². The first-order valence-electron chi connectivity index (χ1n) is 5.75. The number of H-pyrrole nitrogens is 1. The summed E-state index contributed by atoms with van der Waals surface area (Å²) in [6.07, 6.45) is 0. The van der Waals surface area contributed by atoms with E-state index < -0.39 is 0 Å². The highest BCUT2D eigenvalue weighted by Crippen LogP contribution is 2.24. The highest BCUT2D eigenvalue weighted by molar-refractivity contribution is 7.99. The summed E-state index contributed by atoms with van der Waals surface area (Å²) < 4.78 is 5.46. The zero-order chi connectivity index (χ0) is 13.0. The summed E-state index contributed by atoms with van der Waals surface area (Å²) in [5, 5.41) is 0.904. The number of aromatic amines is 1. The molecule has 0 aliphatic carbocycles. The standard InChI is InChI=1S/C13H16N2OS2/c1-3-16-10-4-5-11-12(6-10)15-13(14-11)18-8-9(2)7-17/h4-6,17H,2-3,7-8H2,1H3,(H,14,15). The largest absolute Gasteiger partial charge is 0.494 e. The topological polar surface area (TPSA) is 37.9 Å². The number of rotatable bonds is 6. The van der Waals surface area contributed by atoms with Crippen LogP contribution in [0, 0.1) is 0 Å². The van der Waals surface area contributed by atoms with Gasteiger partial charge in [-0.25, -0.2) is 4.98 Å². The monoisotopic (exact) mass is 280 g/mol. The molecule has 0 aliphatic rings. The molecule has 0 radical (unpaired) electrons. The van der Waals surface area contributed by atoms with Gasteiger partial charge in [0, 0.05) is 17.6 Å². The van der Waals surface area contributed by atoms with Gasteiger partial charge in [-0.05, 0) is 19.1 Å². The van der Waals surface area contributed by atoms with Gasteiger partial charge in [-0.3, -0.25) is 0 Å². The molecule has 1 aromatic carbocycles. The number of hydrogen-bond donors (Lipinski definition) is 2. The van der Waals surface area contributed by atoms with Crippen molar-refractivity contribution in [1.29, 1.82) is 0 Å². The SMILES string of the molecule is C=C(CS)CSc1nc2ccc(OCC)cc2[nH]1. The second-order valence-corrected chi connectivity index (χ2v) is 5.13. The summed E-state index contributed by atoms with van der Waals surface area (Å²) in [6.45, 7) is 6.57. The highest BCUT2D eigenvalue weighted by atomic mass is 32.2. The first-order chi connectivity index (χ1) is 8.72. The second kappa shape index (κ2) is 6.20. The lowest BCUT2D eigenvalue weighted by Crippen LogP contribution is -1.90.